The molecule has 5 N–H and O–H groups in total. The highest BCUT2D eigenvalue weighted by Crippen LogP contribution is 2.17. The molecule has 0 saturated carbocycles. The van der Waals surface area contributed by atoms with E-state index in [1.807, 2.05) is 6.92 Å². The smallest absolute Gasteiger partial charge is 0.258 e. The molecule has 1 aromatic heterocycles. The van der Waals surface area contributed by atoms with Crippen LogP contribution in [-0.2, 0) is 14.3 Å². The maximum absolute atomic E-state index is 12.4. The lowest BCUT2D eigenvalue weighted by molar-refractivity contribution is -0.117. The van der Waals surface area contributed by atoms with Crippen LogP contribution >= 0.6 is 0 Å². The molecule has 0 unspecified atom stereocenters. The number of H-pyrrole nitrogens is 1. The van der Waals surface area contributed by atoms with E-state index in [4.69, 9.17) is 15.2 Å². The Morgan fingerprint density at radius 3 is 2.56 bits per heavy atom. The number of para-hydroxylation sites is 1. The van der Waals surface area contributed by atoms with Crippen LogP contribution in [0.3, 0.4) is 0 Å². The number of nitrogens with zero attached hydrogens (tertiary/aromatic N) is 1. The quantitative estimate of drug-likeness (QED) is 0.438. The Morgan fingerprint density at radius 1 is 1.11 bits per heavy atom. The number of aromatic amines is 1. The molecular weight excluding hydrogens is 350 g/mol. The lowest BCUT2D eigenvalue weighted by atomic mass is 10.1. The number of hydrogen-bond acceptors (Lipinski definition) is 6. The Hall–Kier alpha value is -2.75. The third kappa shape index (κ3) is 7.18. The molecule has 9 nitrogen and oxygen atoms in total. The van der Waals surface area contributed by atoms with E-state index in [2.05, 4.69) is 20.8 Å². The largest absolute Gasteiger partial charge is 0.379 e. The van der Waals surface area contributed by atoms with Crippen LogP contribution in [0.1, 0.15) is 22.5 Å². The summed E-state index contributed by atoms with van der Waals surface area (Å²) in [5.74, 6) is -0.177. The van der Waals surface area contributed by atoms with Crippen LogP contribution in [0.2, 0.25) is 0 Å². The number of amides is 2. The number of nitrogens with one attached hydrogen (secondary N) is 3. The van der Waals surface area contributed by atoms with Gasteiger partial charge in [0.1, 0.15) is 0 Å². The van der Waals surface area contributed by atoms with Crippen LogP contribution in [0.15, 0.2) is 30.3 Å². The van der Waals surface area contributed by atoms with E-state index in [1.54, 1.807) is 30.3 Å². The highest BCUT2D eigenvalue weighted by molar-refractivity contribution is 6.09. The molecule has 0 aliphatic rings. The fourth-order valence-electron chi connectivity index (χ4n) is 2.24. The number of rotatable bonds is 11. The SMILES string of the molecule is Cc1cc(NC(=O)c2ccccc2NC(=O)CCOCCOCCN)n[nH]1. The first kappa shape index (κ1) is 20.6. The van der Waals surface area contributed by atoms with E-state index >= 15 is 0 Å². The maximum Gasteiger partial charge on any atom is 0.258 e. The molecule has 27 heavy (non-hydrogen) atoms. The average molecular weight is 375 g/mol. The third-order valence-electron chi connectivity index (χ3n) is 3.50. The molecule has 1 heterocycles. The lowest BCUT2D eigenvalue weighted by Crippen LogP contribution is -2.19. The molecule has 0 radical (unpaired) electrons. The van der Waals surface area contributed by atoms with Gasteiger partial charge in [-0.15, -0.1) is 0 Å². The molecule has 2 rings (SSSR count). The van der Waals surface area contributed by atoms with Crippen molar-refractivity contribution in [1.82, 2.24) is 10.2 Å². The summed E-state index contributed by atoms with van der Waals surface area (Å²) in [6, 6.07) is 8.49. The van der Waals surface area contributed by atoms with Crippen molar-refractivity contribution in [1.29, 1.82) is 0 Å². The molecule has 0 bridgehead atoms. The Kier molecular flexibility index (Phi) is 8.43. The third-order valence-corrected chi connectivity index (χ3v) is 3.50. The highest BCUT2D eigenvalue weighted by atomic mass is 16.5. The van der Waals surface area contributed by atoms with Crippen LogP contribution in [0.5, 0.6) is 0 Å². The van der Waals surface area contributed by atoms with Gasteiger partial charge in [0.05, 0.1) is 44.1 Å². The normalized spacial score (nSPS) is 10.6. The van der Waals surface area contributed by atoms with E-state index in [0.717, 1.165) is 5.69 Å². The van der Waals surface area contributed by atoms with Crippen molar-refractivity contribution >= 4 is 23.3 Å². The van der Waals surface area contributed by atoms with Crippen molar-refractivity contribution in [2.24, 2.45) is 5.73 Å². The Balaban J connectivity index is 1.82. The number of ether oxygens (including phenoxy) is 2. The number of nitrogens with two attached hydrogens (primary N) is 1. The number of aryl methyl sites for hydroxylation is 1. The fourth-order valence-corrected chi connectivity index (χ4v) is 2.24. The summed E-state index contributed by atoms with van der Waals surface area (Å²) in [7, 11) is 0. The summed E-state index contributed by atoms with van der Waals surface area (Å²) in [4.78, 5) is 24.5. The number of benzene rings is 1. The molecule has 2 amide bonds. The molecule has 1 aromatic carbocycles. The van der Waals surface area contributed by atoms with Crippen LogP contribution in [0.4, 0.5) is 11.5 Å². The molecule has 0 aliphatic heterocycles. The van der Waals surface area contributed by atoms with Gasteiger partial charge in [0, 0.05) is 18.3 Å². The first-order valence-corrected chi connectivity index (χ1v) is 8.68. The number of carbonyl (C=O) groups is 2. The Bertz CT molecular complexity index is 747. The van der Waals surface area contributed by atoms with Crippen LogP contribution in [0, 0.1) is 6.92 Å². The van der Waals surface area contributed by atoms with Gasteiger partial charge in [-0.2, -0.15) is 5.10 Å². The highest BCUT2D eigenvalue weighted by Gasteiger charge is 2.14. The second-order valence-corrected chi connectivity index (χ2v) is 5.75. The van der Waals surface area contributed by atoms with Gasteiger partial charge in [-0.05, 0) is 19.1 Å². The van der Waals surface area contributed by atoms with Gasteiger partial charge in [-0.3, -0.25) is 14.7 Å². The average Bonchev–Trinajstić information content (AvgIpc) is 3.06. The molecule has 0 aliphatic carbocycles. The second kappa shape index (κ2) is 11.1. The molecule has 9 heteroatoms. The molecule has 2 aromatic rings. The maximum atomic E-state index is 12.4. The predicted octanol–water partition coefficient (Wildman–Crippen LogP) is 1.29. The van der Waals surface area contributed by atoms with Gasteiger partial charge in [0.2, 0.25) is 5.91 Å². The van der Waals surface area contributed by atoms with Crippen molar-refractivity contribution < 1.29 is 19.1 Å². The minimum Gasteiger partial charge on any atom is -0.379 e. The molecule has 0 fully saturated rings. The molecule has 0 spiro atoms. The van der Waals surface area contributed by atoms with E-state index < -0.39 is 0 Å². The van der Waals surface area contributed by atoms with Crippen LogP contribution < -0.4 is 16.4 Å². The number of anilines is 2. The van der Waals surface area contributed by atoms with Gasteiger partial charge in [0.15, 0.2) is 5.82 Å². The van der Waals surface area contributed by atoms with E-state index in [9.17, 15) is 9.59 Å². The zero-order valence-corrected chi connectivity index (χ0v) is 15.3. The van der Waals surface area contributed by atoms with Crippen molar-refractivity contribution in [3.63, 3.8) is 0 Å². The monoisotopic (exact) mass is 375 g/mol. The van der Waals surface area contributed by atoms with Gasteiger partial charge < -0.3 is 25.8 Å². The lowest BCUT2D eigenvalue weighted by Gasteiger charge is -2.11. The zero-order chi connectivity index (χ0) is 19.5. The summed E-state index contributed by atoms with van der Waals surface area (Å²) in [6.07, 6.45) is 0.172. The van der Waals surface area contributed by atoms with Crippen LogP contribution in [0.25, 0.3) is 0 Å². The van der Waals surface area contributed by atoms with Crippen LogP contribution in [-0.4, -0.2) is 55.0 Å². The first-order chi connectivity index (χ1) is 13.1. The summed E-state index contributed by atoms with van der Waals surface area (Å²) in [5, 5.41) is 12.2. The van der Waals surface area contributed by atoms with Gasteiger partial charge in [0.25, 0.3) is 5.91 Å². The fraction of sp³-hybridized carbons (Fsp3) is 0.389. The van der Waals surface area contributed by atoms with E-state index in [0.29, 0.717) is 43.4 Å². The van der Waals surface area contributed by atoms with Crippen molar-refractivity contribution in [2.75, 3.05) is 43.6 Å². The van der Waals surface area contributed by atoms with Crippen molar-refractivity contribution in [2.45, 2.75) is 13.3 Å². The Labute approximate surface area is 157 Å². The van der Waals surface area contributed by atoms with Crippen molar-refractivity contribution in [3.8, 4) is 0 Å². The standard InChI is InChI=1S/C18H25N5O4/c1-13-12-16(23-22-13)21-18(25)14-4-2-3-5-15(14)20-17(24)6-8-26-10-11-27-9-7-19/h2-5,12H,6-11,19H2,1H3,(H,20,24)(H2,21,22,23,25). The summed E-state index contributed by atoms with van der Waals surface area (Å²) >= 11 is 0. The molecular formula is C18H25N5O4. The van der Waals surface area contributed by atoms with Gasteiger partial charge in [-0.25, -0.2) is 0 Å². The van der Waals surface area contributed by atoms with E-state index in [-0.39, 0.29) is 24.8 Å². The van der Waals surface area contributed by atoms with Gasteiger partial charge >= 0.3 is 0 Å². The second-order valence-electron chi connectivity index (χ2n) is 5.75. The minimum absolute atomic E-state index is 0.172. The zero-order valence-electron chi connectivity index (χ0n) is 15.3. The molecule has 0 saturated heterocycles. The molecule has 146 valence electrons. The van der Waals surface area contributed by atoms with Gasteiger partial charge in [-0.1, -0.05) is 12.1 Å². The summed E-state index contributed by atoms with van der Waals surface area (Å²) in [5.41, 5.74) is 6.92. The number of aromatic nitrogens is 2. The number of hydrogen-bond donors (Lipinski definition) is 4. The number of carbonyl (C=O) groups excluding carboxylic acids is 2. The van der Waals surface area contributed by atoms with E-state index in [1.165, 1.54) is 0 Å². The topological polar surface area (TPSA) is 131 Å². The predicted molar refractivity (Wildman–Crippen MR) is 102 cm³/mol. The van der Waals surface area contributed by atoms with Crippen molar-refractivity contribution in [3.05, 3.63) is 41.6 Å². The summed E-state index contributed by atoms with van der Waals surface area (Å²) in [6.45, 7) is 3.89. The Morgan fingerprint density at radius 2 is 1.85 bits per heavy atom. The molecule has 0 atom stereocenters. The minimum atomic E-state index is -0.356. The summed E-state index contributed by atoms with van der Waals surface area (Å²) < 4.78 is 10.5. The first-order valence-electron chi connectivity index (χ1n) is 8.68.